The molecule has 0 unspecified atom stereocenters. The second kappa shape index (κ2) is 8.78. The van der Waals surface area contributed by atoms with Crippen LogP contribution >= 0.6 is 0 Å². The summed E-state index contributed by atoms with van der Waals surface area (Å²) in [5.74, 6) is -0.266. The van der Waals surface area contributed by atoms with Crippen LogP contribution in [0.2, 0.25) is 0 Å². The van der Waals surface area contributed by atoms with Crippen LogP contribution in [-0.2, 0) is 17.5 Å². The molecular weight excluding hydrogens is 381 g/mol. The number of hydrogen-bond acceptors (Lipinski definition) is 3. The molecule has 1 fully saturated rings. The van der Waals surface area contributed by atoms with E-state index in [1.807, 2.05) is 4.90 Å². The monoisotopic (exact) mass is 404 g/mol. The van der Waals surface area contributed by atoms with Crippen LogP contribution in [0.3, 0.4) is 0 Å². The van der Waals surface area contributed by atoms with Crippen molar-refractivity contribution < 1.29 is 22.8 Å². The molecule has 1 N–H and O–H groups in total. The lowest BCUT2D eigenvalue weighted by atomic mass is 10.1. The number of Topliss-reactive ketones (excluding diaryl/α,β-unsaturated/α-hetero) is 1. The highest BCUT2D eigenvalue weighted by atomic mass is 19.4. The molecule has 29 heavy (non-hydrogen) atoms. The number of amides is 1. The van der Waals surface area contributed by atoms with Gasteiger partial charge in [-0.25, -0.2) is 0 Å². The van der Waals surface area contributed by atoms with E-state index in [9.17, 15) is 22.8 Å². The lowest BCUT2D eigenvalue weighted by Crippen LogP contribution is -2.30. The second-order valence-electron chi connectivity index (χ2n) is 7.29. The van der Waals surface area contributed by atoms with E-state index in [0.717, 1.165) is 18.9 Å². The molecule has 1 aliphatic carbocycles. The SMILES string of the molecule is CC(=O)c1ccc(NC(=O)CCN(Cc2ccccc2C(F)(F)F)C2CC2)cc1. The Hall–Kier alpha value is -2.67. The second-order valence-corrected chi connectivity index (χ2v) is 7.29. The van der Waals surface area contributed by atoms with Gasteiger partial charge in [-0.3, -0.25) is 14.5 Å². The molecule has 0 bridgehead atoms. The Labute approximate surface area is 167 Å². The van der Waals surface area contributed by atoms with Crippen LogP contribution in [0.5, 0.6) is 0 Å². The average molecular weight is 404 g/mol. The highest BCUT2D eigenvalue weighted by molar-refractivity contribution is 5.95. The van der Waals surface area contributed by atoms with Crippen LogP contribution in [0, 0.1) is 0 Å². The predicted octanol–water partition coefficient (Wildman–Crippen LogP) is 4.90. The van der Waals surface area contributed by atoms with E-state index in [1.54, 1.807) is 30.3 Å². The number of carbonyl (C=O) groups is 2. The van der Waals surface area contributed by atoms with Crippen molar-refractivity contribution >= 4 is 17.4 Å². The Balaban J connectivity index is 1.59. The van der Waals surface area contributed by atoms with Gasteiger partial charge in [-0.05, 0) is 55.7 Å². The van der Waals surface area contributed by atoms with Gasteiger partial charge in [0.1, 0.15) is 0 Å². The maximum absolute atomic E-state index is 13.2. The molecule has 1 amide bonds. The highest BCUT2D eigenvalue weighted by Gasteiger charge is 2.35. The minimum absolute atomic E-state index is 0.0536. The molecule has 3 rings (SSSR count). The van der Waals surface area contributed by atoms with E-state index in [-0.39, 0.29) is 36.3 Å². The van der Waals surface area contributed by atoms with Gasteiger partial charge < -0.3 is 5.32 Å². The molecule has 0 saturated heterocycles. The fourth-order valence-electron chi connectivity index (χ4n) is 3.24. The van der Waals surface area contributed by atoms with Crippen molar-refractivity contribution in [3.63, 3.8) is 0 Å². The first-order valence-electron chi connectivity index (χ1n) is 9.54. The molecule has 0 radical (unpaired) electrons. The first kappa shape index (κ1) is 21.0. The van der Waals surface area contributed by atoms with Crippen LogP contribution in [0.1, 0.15) is 47.7 Å². The maximum Gasteiger partial charge on any atom is 0.416 e. The summed E-state index contributed by atoms with van der Waals surface area (Å²) in [5.41, 5.74) is 0.749. The van der Waals surface area contributed by atoms with Gasteiger partial charge in [0, 0.05) is 36.8 Å². The van der Waals surface area contributed by atoms with Crippen molar-refractivity contribution in [2.75, 3.05) is 11.9 Å². The molecule has 0 heterocycles. The Morgan fingerprint density at radius 3 is 2.31 bits per heavy atom. The summed E-state index contributed by atoms with van der Waals surface area (Å²) >= 11 is 0. The van der Waals surface area contributed by atoms with Crippen molar-refractivity contribution in [2.24, 2.45) is 0 Å². The van der Waals surface area contributed by atoms with Crippen molar-refractivity contribution in [3.8, 4) is 0 Å². The van der Waals surface area contributed by atoms with E-state index in [0.29, 0.717) is 17.8 Å². The van der Waals surface area contributed by atoms with E-state index < -0.39 is 11.7 Å². The number of nitrogens with zero attached hydrogens (tertiary/aromatic N) is 1. The normalized spacial score (nSPS) is 14.1. The van der Waals surface area contributed by atoms with Gasteiger partial charge in [0.05, 0.1) is 5.56 Å². The Morgan fingerprint density at radius 2 is 1.72 bits per heavy atom. The molecule has 0 atom stereocenters. The molecule has 1 saturated carbocycles. The quantitative estimate of drug-likeness (QED) is 0.637. The number of ketones is 1. The molecule has 1 aliphatic rings. The van der Waals surface area contributed by atoms with Gasteiger partial charge in [-0.15, -0.1) is 0 Å². The summed E-state index contributed by atoms with van der Waals surface area (Å²) in [6.07, 6.45) is -2.35. The first-order chi connectivity index (χ1) is 13.7. The van der Waals surface area contributed by atoms with Crippen LogP contribution in [-0.4, -0.2) is 29.2 Å². The summed E-state index contributed by atoms with van der Waals surface area (Å²) in [5, 5.41) is 2.77. The zero-order chi connectivity index (χ0) is 21.0. The fraction of sp³-hybridized carbons (Fsp3) is 0.364. The third kappa shape index (κ3) is 5.90. The Kier molecular flexibility index (Phi) is 6.37. The number of hydrogen-bond donors (Lipinski definition) is 1. The Morgan fingerprint density at radius 1 is 1.07 bits per heavy atom. The number of nitrogens with one attached hydrogen (secondary N) is 1. The lowest BCUT2D eigenvalue weighted by Gasteiger charge is -2.24. The zero-order valence-electron chi connectivity index (χ0n) is 16.1. The van der Waals surface area contributed by atoms with Crippen molar-refractivity contribution in [1.82, 2.24) is 4.90 Å². The fourth-order valence-corrected chi connectivity index (χ4v) is 3.24. The van der Waals surface area contributed by atoms with Crippen LogP contribution in [0.25, 0.3) is 0 Å². The predicted molar refractivity (Wildman–Crippen MR) is 105 cm³/mol. The molecule has 4 nitrogen and oxygen atoms in total. The van der Waals surface area contributed by atoms with Gasteiger partial charge in [-0.1, -0.05) is 18.2 Å². The number of halogens is 3. The molecule has 0 spiro atoms. The van der Waals surface area contributed by atoms with Crippen LogP contribution in [0.4, 0.5) is 18.9 Å². The standard InChI is InChI=1S/C22H23F3N2O2/c1-15(28)16-6-8-18(9-7-16)26-21(29)12-13-27(19-10-11-19)14-17-4-2-3-5-20(17)22(23,24)25/h2-9,19H,10-14H2,1H3,(H,26,29). The minimum atomic E-state index is -4.39. The van der Waals surface area contributed by atoms with E-state index in [1.165, 1.54) is 19.1 Å². The summed E-state index contributed by atoms with van der Waals surface area (Å²) in [6, 6.07) is 12.4. The lowest BCUT2D eigenvalue weighted by molar-refractivity contribution is -0.138. The smallest absolute Gasteiger partial charge is 0.326 e. The van der Waals surface area contributed by atoms with Gasteiger partial charge in [0.2, 0.25) is 5.91 Å². The van der Waals surface area contributed by atoms with E-state index in [4.69, 9.17) is 0 Å². The molecule has 2 aromatic carbocycles. The summed E-state index contributed by atoms with van der Waals surface area (Å²) < 4.78 is 39.7. The summed E-state index contributed by atoms with van der Waals surface area (Å²) in [4.78, 5) is 25.5. The number of benzene rings is 2. The van der Waals surface area contributed by atoms with Gasteiger partial charge >= 0.3 is 6.18 Å². The Bertz CT molecular complexity index is 874. The first-order valence-corrected chi connectivity index (χ1v) is 9.54. The maximum atomic E-state index is 13.2. The largest absolute Gasteiger partial charge is 0.416 e. The van der Waals surface area contributed by atoms with Crippen molar-refractivity contribution in [3.05, 3.63) is 65.2 Å². The number of rotatable bonds is 8. The minimum Gasteiger partial charge on any atom is -0.326 e. The van der Waals surface area contributed by atoms with Crippen molar-refractivity contribution in [2.45, 2.75) is 44.9 Å². The van der Waals surface area contributed by atoms with Gasteiger partial charge in [0.25, 0.3) is 0 Å². The number of carbonyl (C=O) groups excluding carboxylic acids is 2. The summed E-state index contributed by atoms with van der Waals surface area (Å²) in [6.45, 7) is 2.02. The number of alkyl halides is 3. The molecule has 0 aromatic heterocycles. The van der Waals surface area contributed by atoms with Crippen LogP contribution in [0.15, 0.2) is 48.5 Å². The topological polar surface area (TPSA) is 49.4 Å². The third-order valence-corrected chi connectivity index (χ3v) is 4.96. The summed E-state index contributed by atoms with van der Waals surface area (Å²) in [7, 11) is 0. The molecule has 7 heteroatoms. The molecule has 2 aromatic rings. The molecular formula is C22H23F3N2O2. The van der Waals surface area contributed by atoms with Gasteiger partial charge in [0.15, 0.2) is 5.78 Å². The van der Waals surface area contributed by atoms with Crippen LogP contribution < -0.4 is 5.32 Å². The van der Waals surface area contributed by atoms with Gasteiger partial charge in [-0.2, -0.15) is 13.2 Å². The van der Waals surface area contributed by atoms with E-state index in [2.05, 4.69) is 5.32 Å². The van der Waals surface area contributed by atoms with Crippen molar-refractivity contribution in [1.29, 1.82) is 0 Å². The third-order valence-electron chi connectivity index (χ3n) is 4.96. The molecule has 154 valence electrons. The average Bonchev–Trinajstić information content (AvgIpc) is 3.50. The zero-order valence-corrected chi connectivity index (χ0v) is 16.1. The highest BCUT2D eigenvalue weighted by Crippen LogP contribution is 2.34. The van der Waals surface area contributed by atoms with E-state index >= 15 is 0 Å². The number of anilines is 1. The molecule has 0 aliphatic heterocycles.